The average molecular weight is 220 g/mol. The molecule has 0 amide bonds. The van der Waals surface area contributed by atoms with Crippen molar-refractivity contribution in [3.8, 4) is 17.6 Å². The molecule has 0 bridgehead atoms. The minimum absolute atomic E-state index is 0.0270. The van der Waals surface area contributed by atoms with Gasteiger partial charge in [-0.3, -0.25) is 0 Å². The second-order valence-electron chi connectivity index (χ2n) is 4.47. The maximum absolute atomic E-state index is 9.68. The second-order valence-corrected chi connectivity index (χ2v) is 4.47. The molecule has 3 N–H and O–H groups in total. The lowest BCUT2D eigenvalue weighted by Gasteiger charge is -2.19. The summed E-state index contributed by atoms with van der Waals surface area (Å²) in [6, 6.07) is 5.25. The Morgan fingerprint density at radius 2 is 2.12 bits per heavy atom. The largest absolute Gasteiger partial charge is 0.504 e. The summed E-state index contributed by atoms with van der Waals surface area (Å²) < 4.78 is 4.95. The summed E-state index contributed by atoms with van der Waals surface area (Å²) in [5, 5.41) is 18.6. The third-order valence-electron chi connectivity index (χ3n) is 2.11. The molecule has 0 spiro atoms. The monoisotopic (exact) mass is 220 g/mol. The predicted molar refractivity (Wildman–Crippen MR) is 61.3 cm³/mol. The van der Waals surface area contributed by atoms with Crippen molar-refractivity contribution in [1.82, 2.24) is 0 Å². The molecule has 0 saturated carbocycles. The van der Waals surface area contributed by atoms with E-state index in [2.05, 4.69) is 0 Å². The molecule has 86 valence electrons. The summed E-state index contributed by atoms with van der Waals surface area (Å²) in [6.45, 7) is 3.78. The third kappa shape index (κ3) is 2.88. The zero-order chi connectivity index (χ0) is 12.3. The summed E-state index contributed by atoms with van der Waals surface area (Å²) in [4.78, 5) is 0. The van der Waals surface area contributed by atoms with Gasteiger partial charge in [-0.2, -0.15) is 5.26 Å². The number of rotatable bonds is 3. The van der Waals surface area contributed by atoms with Crippen molar-refractivity contribution in [3.05, 3.63) is 23.3 Å². The summed E-state index contributed by atoms with van der Waals surface area (Å²) in [5.74, 6) is 0.182. The van der Waals surface area contributed by atoms with E-state index >= 15 is 0 Å². The Labute approximate surface area is 95.3 Å². The second kappa shape index (κ2) is 4.42. The van der Waals surface area contributed by atoms with Crippen molar-refractivity contribution in [2.24, 2.45) is 5.73 Å². The van der Waals surface area contributed by atoms with Crippen LogP contribution in [0.2, 0.25) is 0 Å². The molecule has 0 atom stereocenters. The maximum Gasteiger partial charge on any atom is 0.178 e. The van der Waals surface area contributed by atoms with Crippen LogP contribution in [-0.2, 0) is 6.42 Å². The minimum Gasteiger partial charge on any atom is -0.504 e. The van der Waals surface area contributed by atoms with E-state index in [1.165, 1.54) is 7.11 Å². The number of aromatic hydroxyl groups is 1. The molecule has 16 heavy (non-hydrogen) atoms. The summed E-state index contributed by atoms with van der Waals surface area (Å²) in [7, 11) is 1.42. The first kappa shape index (κ1) is 12.3. The van der Waals surface area contributed by atoms with Crippen LogP contribution in [0.15, 0.2) is 12.1 Å². The van der Waals surface area contributed by atoms with Gasteiger partial charge in [-0.1, -0.05) is 0 Å². The van der Waals surface area contributed by atoms with Crippen LogP contribution in [0.4, 0.5) is 0 Å². The van der Waals surface area contributed by atoms with Crippen LogP contribution in [0.5, 0.6) is 11.5 Å². The van der Waals surface area contributed by atoms with Crippen LogP contribution in [-0.4, -0.2) is 17.8 Å². The van der Waals surface area contributed by atoms with Gasteiger partial charge in [-0.25, -0.2) is 0 Å². The Kier molecular flexibility index (Phi) is 3.41. The number of hydrogen-bond donors (Lipinski definition) is 2. The third-order valence-corrected chi connectivity index (χ3v) is 2.11. The molecule has 0 fully saturated rings. The van der Waals surface area contributed by atoms with Gasteiger partial charge in [0.25, 0.3) is 0 Å². The molecular weight excluding hydrogens is 204 g/mol. The van der Waals surface area contributed by atoms with Crippen LogP contribution in [0.25, 0.3) is 0 Å². The molecule has 0 aromatic heterocycles. The maximum atomic E-state index is 9.68. The molecule has 0 aliphatic rings. The number of nitrogens with two attached hydrogens (primary N) is 1. The lowest BCUT2D eigenvalue weighted by atomic mass is 9.95. The van der Waals surface area contributed by atoms with Gasteiger partial charge in [0, 0.05) is 5.54 Å². The van der Waals surface area contributed by atoms with Crippen molar-refractivity contribution in [3.63, 3.8) is 0 Å². The minimum atomic E-state index is -0.381. The van der Waals surface area contributed by atoms with Crippen molar-refractivity contribution in [1.29, 1.82) is 5.26 Å². The zero-order valence-electron chi connectivity index (χ0n) is 9.74. The number of nitrogens with zero attached hydrogens (tertiary/aromatic N) is 1. The number of phenolic OH excluding ortho intramolecular Hbond substituents is 1. The Morgan fingerprint density at radius 1 is 1.50 bits per heavy atom. The van der Waals surface area contributed by atoms with Gasteiger partial charge in [-0.15, -0.1) is 0 Å². The zero-order valence-corrected chi connectivity index (χ0v) is 9.74. The van der Waals surface area contributed by atoms with E-state index in [1.54, 1.807) is 12.1 Å². The quantitative estimate of drug-likeness (QED) is 0.810. The molecule has 1 aromatic rings. The van der Waals surface area contributed by atoms with Crippen LogP contribution in [0.3, 0.4) is 0 Å². The van der Waals surface area contributed by atoms with Crippen molar-refractivity contribution in [2.45, 2.75) is 25.8 Å². The number of benzene rings is 1. The molecular formula is C12H16N2O2. The molecule has 4 heteroatoms. The molecule has 1 aromatic carbocycles. The molecule has 0 radical (unpaired) electrons. The molecule has 0 aliphatic carbocycles. The van der Waals surface area contributed by atoms with E-state index in [-0.39, 0.29) is 17.0 Å². The Morgan fingerprint density at radius 3 is 2.56 bits per heavy atom. The van der Waals surface area contributed by atoms with E-state index in [0.717, 1.165) is 5.56 Å². The van der Waals surface area contributed by atoms with Crippen LogP contribution in [0.1, 0.15) is 25.0 Å². The average Bonchev–Trinajstić information content (AvgIpc) is 2.14. The SMILES string of the molecule is COc1c(O)cc(CC(C)(C)N)cc1C#N. The smallest absolute Gasteiger partial charge is 0.178 e. The first-order chi connectivity index (χ1) is 7.37. The van der Waals surface area contributed by atoms with Crippen LogP contribution < -0.4 is 10.5 Å². The highest BCUT2D eigenvalue weighted by molar-refractivity contribution is 5.54. The number of nitriles is 1. The lowest BCUT2D eigenvalue weighted by Crippen LogP contribution is -2.34. The van der Waals surface area contributed by atoms with E-state index in [9.17, 15) is 5.11 Å². The van der Waals surface area contributed by atoms with E-state index in [4.69, 9.17) is 15.7 Å². The normalized spacial score (nSPS) is 10.9. The van der Waals surface area contributed by atoms with Crippen molar-refractivity contribution in [2.75, 3.05) is 7.11 Å². The van der Waals surface area contributed by atoms with Gasteiger partial charge in [0.1, 0.15) is 6.07 Å². The molecule has 0 aliphatic heterocycles. The fraction of sp³-hybridized carbons (Fsp3) is 0.417. The Hall–Kier alpha value is -1.73. The highest BCUT2D eigenvalue weighted by Gasteiger charge is 2.16. The lowest BCUT2D eigenvalue weighted by molar-refractivity contribution is 0.371. The van der Waals surface area contributed by atoms with Crippen molar-refractivity contribution < 1.29 is 9.84 Å². The topological polar surface area (TPSA) is 79.3 Å². The van der Waals surface area contributed by atoms with Crippen LogP contribution in [0, 0.1) is 11.3 Å². The number of phenols is 1. The predicted octanol–water partition coefficient (Wildman–Crippen LogP) is 1.55. The van der Waals surface area contributed by atoms with Gasteiger partial charge in [-0.05, 0) is 38.0 Å². The van der Waals surface area contributed by atoms with Gasteiger partial charge < -0.3 is 15.6 Å². The highest BCUT2D eigenvalue weighted by Crippen LogP contribution is 2.31. The first-order valence-electron chi connectivity index (χ1n) is 4.96. The molecule has 0 saturated heterocycles. The first-order valence-corrected chi connectivity index (χ1v) is 4.96. The van der Waals surface area contributed by atoms with E-state index < -0.39 is 0 Å². The standard InChI is InChI=1S/C12H16N2O2/c1-12(2,14)6-8-4-9(7-13)11(16-3)10(15)5-8/h4-5,15H,6,14H2,1-3H3. The fourth-order valence-corrected chi connectivity index (χ4v) is 1.60. The van der Waals surface area contributed by atoms with Gasteiger partial charge in [0.15, 0.2) is 11.5 Å². The number of hydrogen-bond acceptors (Lipinski definition) is 4. The van der Waals surface area contributed by atoms with E-state index in [0.29, 0.717) is 12.0 Å². The van der Waals surface area contributed by atoms with Crippen LogP contribution >= 0.6 is 0 Å². The van der Waals surface area contributed by atoms with Crippen molar-refractivity contribution >= 4 is 0 Å². The number of methoxy groups -OCH3 is 1. The van der Waals surface area contributed by atoms with Gasteiger partial charge in [0.05, 0.1) is 12.7 Å². The van der Waals surface area contributed by atoms with E-state index in [1.807, 2.05) is 19.9 Å². The summed E-state index contributed by atoms with van der Waals surface area (Å²) in [5.41, 5.74) is 6.65. The highest BCUT2D eigenvalue weighted by atomic mass is 16.5. The summed E-state index contributed by atoms with van der Waals surface area (Å²) >= 11 is 0. The molecule has 0 unspecified atom stereocenters. The van der Waals surface area contributed by atoms with Gasteiger partial charge >= 0.3 is 0 Å². The fourth-order valence-electron chi connectivity index (χ4n) is 1.60. The number of ether oxygens (including phenoxy) is 1. The van der Waals surface area contributed by atoms with Gasteiger partial charge in [0.2, 0.25) is 0 Å². The molecule has 4 nitrogen and oxygen atoms in total. The Balaban J connectivity index is 3.17. The summed E-state index contributed by atoms with van der Waals surface area (Å²) in [6.07, 6.45) is 0.583. The molecule has 1 rings (SSSR count). The molecule has 0 heterocycles. The Bertz CT molecular complexity index is 428.